The van der Waals surface area contributed by atoms with Crippen molar-refractivity contribution in [3.63, 3.8) is 0 Å². The molecule has 0 bridgehead atoms. The van der Waals surface area contributed by atoms with E-state index >= 15 is 0 Å². The first-order chi connectivity index (χ1) is 10.0. The van der Waals surface area contributed by atoms with Crippen LogP contribution in [0.2, 0.25) is 0 Å². The maximum absolute atomic E-state index is 12.1. The van der Waals surface area contributed by atoms with E-state index in [1.165, 1.54) is 51.4 Å². The number of nitrogens with two attached hydrogens (primary N) is 1. The molecule has 0 heterocycles. The molecule has 0 radical (unpaired) electrons. The molecular weight excluding hydrogens is 264 g/mol. The minimum absolute atomic E-state index is 0.309. The van der Waals surface area contributed by atoms with Gasteiger partial charge in [-0.05, 0) is 6.42 Å². The van der Waals surface area contributed by atoms with Crippen molar-refractivity contribution in [1.82, 2.24) is 0 Å². The normalized spacial score (nSPS) is 11.8. The van der Waals surface area contributed by atoms with Gasteiger partial charge in [0, 0.05) is 6.42 Å². The second-order valence-electron chi connectivity index (χ2n) is 6.69. The molecule has 0 aromatic rings. The Morgan fingerprint density at radius 3 is 1.95 bits per heavy atom. The number of carbonyl (C=O) groups excluding carboxylic acids is 1. The van der Waals surface area contributed by atoms with E-state index in [1.54, 1.807) is 0 Å². The molecule has 2 N–H and O–H groups in total. The molecule has 0 aromatic carbocycles. The summed E-state index contributed by atoms with van der Waals surface area (Å²) in [5.74, 6) is 0.309. The van der Waals surface area contributed by atoms with Crippen molar-refractivity contribution in [3.8, 4) is 0 Å². The zero-order valence-electron chi connectivity index (χ0n) is 14.5. The monoisotopic (exact) mass is 301 g/mol. The smallest absolute Gasteiger partial charge is 0.313 e. The third-order valence-electron chi connectivity index (χ3n) is 4.21. The average Bonchev–Trinajstić information content (AvgIpc) is 2.45. The van der Waals surface area contributed by atoms with E-state index in [0.717, 1.165) is 24.9 Å². The van der Waals surface area contributed by atoms with Crippen molar-refractivity contribution in [2.24, 2.45) is 0 Å². The van der Waals surface area contributed by atoms with E-state index in [1.807, 2.05) is 14.1 Å². The molecule has 4 heteroatoms. The largest absolute Gasteiger partial charge is 0.636 e. The Hall–Kier alpha value is -0.450. The third-order valence-corrected chi connectivity index (χ3v) is 4.21. The fourth-order valence-electron chi connectivity index (χ4n) is 2.58. The number of hydroxylamine groups is 1. The van der Waals surface area contributed by atoms with Crippen LogP contribution in [0, 0.1) is 5.21 Å². The fourth-order valence-corrected chi connectivity index (χ4v) is 2.58. The van der Waals surface area contributed by atoms with E-state index in [9.17, 15) is 10.0 Å². The second-order valence-corrected chi connectivity index (χ2v) is 6.69. The van der Waals surface area contributed by atoms with E-state index in [-0.39, 0.29) is 0 Å². The second kappa shape index (κ2) is 13.2. The lowest BCUT2D eigenvalue weighted by molar-refractivity contribution is -0.816. The van der Waals surface area contributed by atoms with Gasteiger partial charge in [0.2, 0.25) is 0 Å². The summed E-state index contributed by atoms with van der Waals surface area (Å²) in [5, 5.41) is 10.3. The molecule has 0 saturated carbocycles. The Morgan fingerprint density at radius 1 is 0.905 bits per heavy atom. The van der Waals surface area contributed by atoms with Gasteiger partial charge in [-0.2, -0.15) is 0 Å². The summed E-state index contributed by atoms with van der Waals surface area (Å²) in [6, 6.07) is 0. The van der Waals surface area contributed by atoms with Crippen LogP contribution in [-0.2, 0) is 4.79 Å². The molecule has 0 rings (SSSR count). The Bertz CT molecular complexity index is 255. The quantitative estimate of drug-likeness (QED) is 0.305. The SMILES string of the molecule is CCCCCCCCCCCC(=O)[N+](C)(C)CCC[NH2+][O-]. The molecule has 1 amide bonds. The van der Waals surface area contributed by atoms with E-state index < -0.39 is 0 Å². The van der Waals surface area contributed by atoms with Crippen molar-refractivity contribution in [2.45, 2.75) is 77.6 Å². The van der Waals surface area contributed by atoms with Crippen LogP contribution < -0.4 is 5.48 Å². The standard InChI is InChI=1S/C17H37N2O2/c1-4-5-6-7-8-9-10-11-12-14-17(20)19(2,3)16-13-15-18-21/h4-16,18H2,1-3H3/q+1. The van der Waals surface area contributed by atoms with Gasteiger partial charge in [-0.25, -0.2) is 4.79 Å². The van der Waals surface area contributed by atoms with Gasteiger partial charge in [0.15, 0.2) is 0 Å². The summed E-state index contributed by atoms with van der Waals surface area (Å²) in [6.07, 6.45) is 13.0. The molecule has 21 heavy (non-hydrogen) atoms. The lowest BCUT2D eigenvalue weighted by atomic mass is 10.1. The molecule has 0 aromatic heterocycles. The molecular formula is C17H37N2O2+. The average molecular weight is 301 g/mol. The highest BCUT2D eigenvalue weighted by Gasteiger charge is 2.24. The van der Waals surface area contributed by atoms with E-state index in [2.05, 4.69) is 6.92 Å². The Morgan fingerprint density at radius 2 is 1.43 bits per heavy atom. The fraction of sp³-hybridized carbons (Fsp3) is 0.941. The van der Waals surface area contributed by atoms with Crippen LogP contribution in [0.15, 0.2) is 0 Å². The molecule has 0 saturated heterocycles. The van der Waals surface area contributed by atoms with Gasteiger partial charge >= 0.3 is 5.91 Å². The minimum atomic E-state index is 0.309. The van der Waals surface area contributed by atoms with Crippen LogP contribution >= 0.6 is 0 Å². The van der Waals surface area contributed by atoms with Crippen molar-refractivity contribution in [3.05, 3.63) is 5.21 Å². The first kappa shape index (κ1) is 20.6. The van der Waals surface area contributed by atoms with Crippen LogP contribution in [-0.4, -0.2) is 37.6 Å². The lowest BCUT2D eigenvalue weighted by Crippen LogP contribution is -2.77. The molecule has 0 fully saturated rings. The Balaban J connectivity index is 3.51. The van der Waals surface area contributed by atoms with Crippen molar-refractivity contribution in [1.29, 1.82) is 0 Å². The number of nitrogens with zero attached hydrogens (tertiary/aromatic N) is 1. The predicted molar refractivity (Wildman–Crippen MR) is 88.6 cm³/mol. The first-order valence-corrected chi connectivity index (χ1v) is 8.84. The van der Waals surface area contributed by atoms with E-state index in [0.29, 0.717) is 23.4 Å². The molecule has 126 valence electrons. The van der Waals surface area contributed by atoms with Crippen LogP contribution in [0.5, 0.6) is 0 Å². The lowest BCUT2D eigenvalue weighted by Gasteiger charge is -2.26. The minimum Gasteiger partial charge on any atom is -0.636 e. The van der Waals surface area contributed by atoms with Crippen molar-refractivity contribution >= 4 is 5.91 Å². The molecule has 4 nitrogen and oxygen atoms in total. The third kappa shape index (κ3) is 11.8. The van der Waals surface area contributed by atoms with Gasteiger partial charge < -0.3 is 10.7 Å². The molecule has 0 unspecified atom stereocenters. The van der Waals surface area contributed by atoms with Gasteiger partial charge in [0.25, 0.3) is 0 Å². The van der Waals surface area contributed by atoms with E-state index in [4.69, 9.17) is 0 Å². The Kier molecular flexibility index (Phi) is 12.9. The van der Waals surface area contributed by atoms with Gasteiger partial charge in [0.1, 0.15) is 0 Å². The van der Waals surface area contributed by atoms with Crippen LogP contribution in [0.3, 0.4) is 0 Å². The number of carbonyl (C=O) groups is 1. The molecule has 0 aliphatic carbocycles. The molecule has 0 aliphatic heterocycles. The number of hydrogen-bond donors (Lipinski definition) is 1. The topological polar surface area (TPSA) is 56.7 Å². The van der Waals surface area contributed by atoms with Gasteiger partial charge in [0.05, 0.1) is 33.6 Å². The summed E-state index contributed by atoms with van der Waals surface area (Å²) in [7, 11) is 3.92. The van der Waals surface area contributed by atoms with Gasteiger partial charge in [-0.1, -0.05) is 58.3 Å². The summed E-state index contributed by atoms with van der Waals surface area (Å²) in [6.45, 7) is 3.58. The van der Waals surface area contributed by atoms with Crippen molar-refractivity contribution < 1.29 is 14.8 Å². The highest BCUT2D eigenvalue weighted by molar-refractivity contribution is 5.68. The summed E-state index contributed by atoms with van der Waals surface area (Å²) >= 11 is 0. The number of amides is 1. The molecule has 0 aliphatic rings. The molecule has 0 spiro atoms. The summed E-state index contributed by atoms with van der Waals surface area (Å²) in [5.41, 5.74) is 0.936. The first-order valence-electron chi connectivity index (χ1n) is 8.84. The number of hydrogen-bond acceptors (Lipinski definition) is 2. The van der Waals surface area contributed by atoms with Crippen LogP contribution in [0.25, 0.3) is 0 Å². The maximum Gasteiger partial charge on any atom is 0.313 e. The van der Waals surface area contributed by atoms with Crippen LogP contribution in [0.4, 0.5) is 0 Å². The number of unbranched alkanes of at least 4 members (excludes halogenated alkanes) is 8. The number of quaternary nitrogens is 2. The number of rotatable bonds is 14. The van der Waals surface area contributed by atoms with Gasteiger partial charge in [-0.15, -0.1) is 0 Å². The summed E-state index contributed by atoms with van der Waals surface area (Å²) < 4.78 is 0.421. The Labute approximate surface area is 131 Å². The predicted octanol–water partition coefficient (Wildman–Crippen LogP) is 2.96. The zero-order valence-corrected chi connectivity index (χ0v) is 14.5. The van der Waals surface area contributed by atoms with Gasteiger partial charge in [-0.3, -0.25) is 4.48 Å². The molecule has 0 atom stereocenters. The van der Waals surface area contributed by atoms with Crippen LogP contribution in [0.1, 0.15) is 77.6 Å². The highest BCUT2D eigenvalue weighted by Crippen LogP contribution is 2.12. The van der Waals surface area contributed by atoms with Crippen molar-refractivity contribution in [2.75, 3.05) is 27.2 Å². The zero-order chi connectivity index (χ0) is 16.0. The highest BCUT2D eigenvalue weighted by atomic mass is 16.5. The maximum atomic E-state index is 12.1. The summed E-state index contributed by atoms with van der Waals surface area (Å²) in [4.78, 5) is 12.1.